The van der Waals surface area contributed by atoms with Crippen molar-refractivity contribution in [2.45, 2.75) is 37.5 Å². The van der Waals surface area contributed by atoms with Crippen LogP contribution in [0.15, 0.2) is 53.4 Å². The molecule has 0 fully saturated rings. The number of rotatable bonds is 3. The number of halogens is 1. The van der Waals surface area contributed by atoms with Crippen LogP contribution in [-0.4, -0.2) is 15.5 Å². The summed E-state index contributed by atoms with van der Waals surface area (Å²) in [5.41, 5.74) is 4.42. The number of fused-ring (bicyclic) bond motifs is 3. The van der Waals surface area contributed by atoms with Crippen molar-refractivity contribution < 1.29 is 8.42 Å². The van der Waals surface area contributed by atoms with Gasteiger partial charge in [0.1, 0.15) is 0 Å². The van der Waals surface area contributed by atoms with Gasteiger partial charge in [-0.05, 0) is 89.2 Å². The van der Waals surface area contributed by atoms with Crippen LogP contribution in [0, 0.1) is 10.5 Å². The molecule has 0 bridgehead atoms. The maximum atomic E-state index is 13.3. The lowest BCUT2D eigenvalue weighted by atomic mass is 9.86. The first-order valence-corrected chi connectivity index (χ1v) is 11.7. The highest BCUT2D eigenvalue weighted by Crippen LogP contribution is 2.42. The summed E-state index contributed by atoms with van der Waals surface area (Å²) < 4.78 is 29.2. The number of anilines is 1. The Morgan fingerprint density at radius 2 is 1.48 bits per heavy atom. The summed E-state index contributed by atoms with van der Waals surface area (Å²) in [5, 5.41) is 2.40. The van der Waals surface area contributed by atoms with Gasteiger partial charge in [-0.1, -0.05) is 42.0 Å². The molecule has 3 aromatic carbocycles. The van der Waals surface area contributed by atoms with E-state index in [1.807, 2.05) is 25.1 Å². The van der Waals surface area contributed by atoms with E-state index in [0.29, 0.717) is 4.90 Å². The minimum absolute atomic E-state index is 0.337. The van der Waals surface area contributed by atoms with Crippen molar-refractivity contribution in [1.82, 2.24) is 0 Å². The minimum Gasteiger partial charge on any atom is -0.268 e. The van der Waals surface area contributed by atoms with E-state index >= 15 is 0 Å². The van der Waals surface area contributed by atoms with Gasteiger partial charge in [0.05, 0.1) is 10.6 Å². The molecule has 0 saturated carbocycles. The molecule has 0 N–H and O–H groups in total. The Morgan fingerprint density at radius 3 is 2.15 bits per heavy atom. The van der Waals surface area contributed by atoms with E-state index in [2.05, 4.69) is 40.8 Å². The molecule has 0 radical (unpaired) electrons. The van der Waals surface area contributed by atoms with Crippen molar-refractivity contribution in [2.24, 2.45) is 0 Å². The first kappa shape index (κ1) is 18.7. The Morgan fingerprint density at radius 1 is 0.889 bits per heavy atom. The van der Waals surface area contributed by atoms with E-state index in [0.717, 1.165) is 45.9 Å². The van der Waals surface area contributed by atoms with Gasteiger partial charge >= 0.3 is 0 Å². The normalized spacial score (nSPS) is 14.2. The second kappa shape index (κ2) is 7.09. The third kappa shape index (κ3) is 3.14. The van der Waals surface area contributed by atoms with Crippen LogP contribution >= 0.6 is 22.6 Å². The number of sulfonamides is 1. The highest BCUT2D eigenvalue weighted by atomic mass is 127. The molecule has 3 aromatic rings. The molecular formula is C22H22INO2S. The van der Waals surface area contributed by atoms with Crippen molar-refractivity contribution in [1.29, 1.82) is 0 Å². The van der Waals surface area contributed by atoms with Gasteiger partial charge in [-0.15, -0.1) is 0 Å². The molecule has 0 aliphatic heterocycles. The van der Waals surface area contributed by atoms with Gasteiger partial charge in [-0.25, -0.2) is 8.42 Å². The third-order valence-corrected chi connectivity index (χ3v) is 8.31. The fourth-order valence-corrected chi connectivity index (χ4v) is 6.54. The maximum absolute atomic E-state index is 13.3. The van der Waals surface area contributed by atoms with Crippen LogP contribution in [0.25, 0.3) is 10.8 Å². The van der Waals surface area contributed by atoms with Gasteiger partial charge in [0.15, 0.2) is 0 Å². The smallest absolute Gasteiger partial charge is 0.264 e. The van der Waals surface area contributed by atoms with Crippen molar-refractivity contribution in [3.05, 3.63) is 68.8 Å². The molecule has 27 heavy (non-hydrogen) atoms. The van der Waals surface area contributed by atoms with Crippen molar-refractivity contribution in [3.8, 4) is 0 Å². The van der Waals surface area contributed by atoms with Crippen LogP contribution in [-0.2, 0) is 22.9 Å². The molecule has 3 nitrogen and oxygen atoms in total. The lowest BCUT2D eigenvalue weighted by Crippen LogP contribution is -2.29. The molecule has 0 spiro atoms. The first-order chi connectivity index (χ1) is 12.9. The summed E-state index contributed by atoms with van der Waals surface area (Å²) in [4.78, 5) is 0.337. The van der Waals surface area contributed by atoms with Gasteiger partial charge in [-0.3, -0.25) is 4.31 Å². The second-order valence-corrected chi connectivity index (χ2v) is 10.2. The zero-order valence-corrected chi connectivity index (χ0v) is 18.5. The Labute approximate surface area is 174 Å². The van der Waals surface area contributed by atoms with E-state index in [4.69, 9.17) is 0 Å². The second-order valence-electron chi connectivity index (χ2n) is 7.16. The highest BCUT2D eigenvalue weighted by molar-refractivity contribution is 14.1. The fraction of sp³-hybridized carbons (Fsp3) is 0.273. The SMILES string of the molecule is Cc1ccc(S(=O)(=O)N(C)c2c3c(c4ccccc4c2I)CCCC3)cc1. The van der Waals surface area contributed by atoms with Crippen molar-refractivity contribution in [2.75, 3.05) is 11.4 Å². The van der Waals surface area contributed by atoms with E-state index in [-0.39, 0.29) is 0 Å². The Balaban J connectivity index is 1.95. The van der Waals surface area contributed by atoms with E-state index in [1.54, 1.807) is 19.2 Å². The molecular weight excluding hydrogens is 469 g/mol. The molecule has 4 rings (SSSR count). The van der Waals surface area contributed by atoms with Crippen LogP contribution < -0.4 is 4.31 Å². The molecule has 1 aliphatic rings. The van der Waals surface area contributed by atoms with Gasteiger partial charge in [0.25, 0.3) is 10.0 Å². The number of nitrogens with zero attached hydrogens (tertiary/aromatic N) is 1. The number of aryl methyl sites for hydroxylation is 2. The predicted octanol–water partition coefficient (Wildman–Crippen LogP) is 5.46. The zero-order chi connectivity index (χ0) is 19.2. The monoisotopic (exact) mass is 491 g/mol. The Hall–Kier alpha value is -1.60. The van der Waals surface area contributed by atoms with E-state index in [1.165, 1.54) is 20.8 Å². The lowest BCUT2D eigenvalue weighted by Gasteiger charge is -2.29. The van der Waals surface area contributed by atoms with Gasteiger partial charge in [0.2, 0.25) is 0 Å². The van der Waals surface area contributed by atoms with E-state index < -0.39 is 10.0 Å². The first-order valence-electron chi connectivity index (χ1n) is 9.19. The third-order valence-electron chi connectivity index (χ3n) is 5.44. The average Bonchev–Trinajstić information content (AvgIpc) is 2.68. The van der Waals surface area contributed by atoms with E-state index in [9.17, 15) is 8.42 Å². The minimum atomic E-state index is -3.60. The van der Waals surface area contributed by atoms with Gasteiger partial charge < -0.3 is 0 Å². The molecule has 0 amide bonds. The molecule has 0 unspecified atom stereocenters. The summed E-state index contributed by atoms with van der Waals surface area (Å²) in [6.07, 6.45) is 4.20. The molecule has 0 atom stereocenters. The van der Waals surface area contributed by atoms with Crippen LogP contribution in [0.3, 0.4) is 0 Å². The standard InChI is InChI=1S/C22H22INO2S/c1-15-11-13-16(14-12-15)27(25,26)24(2)22-20-10-6-4-8-18(20)17-7-3-5-9-19(17)21(22)23/h3,5,7,9,11-14H,4,6,8,10H2,1-2H3. The van der Waals surface area contributed by atoms with Crippen molar-refractivity contribution in [3.63, 3.8) is 0 Å². The Bertz CT molecular complexity index is 1120. The summed E-state index contributed by atoms with van der Waals surface area (Å²) in [6, 6.07) is 15.4. The highest BCUT2D eigenvalue weighted by Gasteiger charge is 2.29. The number of benzene rings is 3. The molecule has 0 heterocycles. The summed E-state index contributed by atoms with van der Waals surface area (Å²) in [7, 11) is -1.91. The lowest BCUT2D eigenvalue weighted by molar-refractivity contribution is 0.593. The molecule has 0 saturated heterocycles. The van der Waals surface area contributed by atoms with Crippen molar-refractivity contribution >= 4 is 49.1 Å². The average molecular weight is 491 g/mol. The largest absolute Gasteiger partial charge is 0.268 e. The molecule has 0 aromatic heterocycles. The van der Waals surface area contributed by atoms with Crippen LogP contribution in [0.5, 0.6) is 0 Å². The summed E-state index contributed by atoms with van der Waals surface area (Å²) in [6.45, 7) is 1.96. The topological polar surface area (TPSA) is 37.4 Å². The van der Waals surface area contributed by atoms with Crippen LogP contribution in [0.2, 0.25) is 0 Å². The summed E-state index contributed by atoms with van der Waals surface area (Å²) >= 11 is 2.32. The molecule has 1 aliphatic carbocycles. The Kier molecular flexibility index (Phi) is 4.93. The van der Waals surface area contributed by atoms with Gasteiger partial charge in [0, 0.05) is 10.6 Å². The quantitative estimate of drug-likeness (QED) is 0.457. The summed E-state index contributed by atoms with van der Waals surface area (Å²) in [5.74, 6) is 0. The van der Waals surface area contributed by atoms with Crippen LogP contribution in [0.4, 0.5) is 5.69 Å². The maximum Gasteiger partial charge on any atom is 0.264 e. The fourth-order valence-electron chi connectivity index (χ4n) is 3.98. The number of hydrogen-bond acceptors (Lipinski definition) is 2. The molecule has 5 heteroatoms. The predicted molar refractivity (Wildman–Crippen MR) is 120 cm³/mol. The molecule has 140 valence electrons. The zero-order valence-electron chi connectivity index (χ0n) is 15.5. The van der Waals surface area contributed by atoms with Gasteiger partial charge in [-0.2, -0.15) is 0 Å². The number of hydrogen-bond donors (Lipinski definition) is 0. The van der Waals surface area contributed by atoms with Crippen LogP contribution in [0.1, 0.15) is 29.5 Å².